The van der Waals surface area contributed by atoms with Crippen LogP contribution in [-0.2, 0) is 0 Å². The Labute approximate surface area is 72.5 Å². The van der Waals surface area contributed by atoms with Crippen molar-refractivity contribution < 1.29 is 0 Å². The van der Waals surface area contributed by atoms with Crippen LogP contribution in [0, 0.1) is 6.92 Å². The quantitative estimate of drug-likeness (QED) is 0.597. The summed E-state index contributed by atoms with van der Waals surface area (Å²) in [6.45, 7) is 5.75. The third kappa shape index (κ3) is 2.77. The molecule has 0 spiro atoms. The lowest BCUT2D eigenvalue weighted by molar-refractivity contribution is 1.55. The maximum atomic E-state index is 5.71. The van der Waals surface area contributed by atoms with Gasteiger partial charge in [0.25, 0.3) is 0 Å². The fourth-order valence-electron chi connectivity index (χ4n) is 0.844. The van der Waals surface area contributed by atoms with Crippen LogP contribution in [0.25, 0.3) is 6.08 Å². The maximum absolute atomic E-state index is 5.71. The summed E-state index contributed by atoms with van der Waals surface area (Å²) in [7, 11) is 0. The van der Waals surface area contributed by atoms with Crippen molar-refractivity contribution in [3.8, 4) is 0 Å². The third-order valence-electron chi connectivity index (χ3n) is 1.28. The third-order valence-corrected chi connectivity index (χ3v) is 1.54. The number of hydrogen-bond acceptors (Lipinski definition) is 0. The zero-order valence-corrected chi connectivity index (χ0v) is 7.23. The van der Waals surface area contributed by atoms with Gasteiger partial charge in [0.05, 0.1) is 0 Å². The van der Waals surface area contributed by atoms with Gasteiger partial charge >= 0.3 is 0 Å². The molecule has 0 amide bonds. The maximum Gasteiger partial charge on any atom is 0.0406 e. The van der Waals surface area contributed by atoms with Crippen LogP contribution in [0.1, 0.15) is 12.5 Å². The molecule has 0 saturated heterocycles. The topological polar surface area (TPSA) is 0 Å². The summed E-state index contributed by atoms with van der Waals surface area (Å²) >= 11 is 5.71. The molecule has 0 fully saturated rings. The zero-order valence-electron chi connectivity index (χ0n) is 6.47. The summed E-state index contributed by atoms with van der Waals surface area (Å²) < 4.78 is 0. The number of rotatable bonds is 1. The van der Waals surface area contributed by atoms with Crippen LogP contribution in [0.4, 0.5) is 0 Å². The smallest absolute Gasteiger partial charge is 0.0406 e. The molecule has 0 unspecified atom stereocenters. The minimum absolute atomic E-state index is 0.767. The monoisotopic (exact) mass is 165 g/mol. The molecule has 0 aromatic heterocycles. The standard InChI is InChI=1S/C10H10Cl/c1-8(2)7-9-3-5-10(11)6-4-9/h3-7H,1H2,2H3/b8-7-. The van der Waals surface area contributed by atoms with Crippen LogP contribution in [0.5, 0.6) is 0 Å². The van der Waals surface area contributed by atoms with Crippen molar-refractivity contribution in [1.82, 2.24) is 0 Å². The highest BCUT2D eigenvalue weighted by atomic mass is 35.5. The van der Waals surface area contributed by atoms with Gasteiger partial charge in [-0.25, -0.2) is 0 Å². The molecule has 0 saturated carbocycles. The lowest BCUT2D eigenvalue weighted by Gasteiger charge is -1.93. The van der Waals surface area contributed by atoms with Gasteiger partial charge in [0.2, 0.25) is 0 Å². The highest BCUT2D eigenvalue weighted by molar-refractivity contribution is 6.30. The molecule has 1 aromatic rings. The summed E-state index contributed by atoms with van der Waals surface area (Å²) in [5.74, 6) is 0. The zero-order chi connectivity index (χ0) is 8.27. The van der Waals surface area contributed by atoms with Gasteiger partial charge in [0.1, 0.15) is 0 Å². The van der Waals surface area contributed by atoms with E-state index in [1.807, 2.05) is 37.3 Å². The van der Waals surface area contributed by atoms with Crippen LogP contribution < -0.4 is 0 Å². The van der Waals surface area contributed by atoms with Crippen molar-refractivity contribution in [2.24, 2.45) is 0 Å². The number of hydrogen-bond donors (Lipinski definition) is 0. The van der Waals surface area contributed by atoms with E-state index in [0.717, 1.165) is 16.2 Å². The Hall–Kier alpha value is -0.750. The van der Waals surface area contributed by atoms with E-state index in [4.69, 9.17) is 11.6 Å². The van der Waals surface area contributed by atoms with Crippen LogP contribution in [0.15, 0.2) is 29.8 Å². The van der Waals surface area contributed by atoms with Crippen molar-refractivity contribution in [1.29, 1.82) is 0 Å². The number of allylic oxidation sites excluding steroid dienone is 1. The molecular formula is C10H10Cl. The van der Waals surface area contributed by atoms with Crippen molar-refractivity contribution in [3.05, 3.63) is 47.3 Å². The molecule has 0 aliphatic heterocycles. The highest BCUT2D eigenvalue weighted by Gasteiger charge is 1.87. The van der Waals surface area contributed by atoms with Crippen molar-refractivity contribution in [3.63, 3.8) is 0 Å². The molecular weight excluding hydrogens is 156 g/mol. The Kier molecular flexibility index (Phi) is 2.72. The first kappa shape index (κ1) is 8.35. The second kappa shape index (κ2) is 3.59. The Morgan fingerprint density at radius 1 is 1.36 bits per heavy atom. The Morgan fingerprint density at radius 2 is 1.91 bits per heavy atom. The Balaban J connectivity index is 2.91. The van der Waals surface area contributed by atoms with E-state index < -0.39 is 0 Å². The van der Waals surface area contributed by atoms with E-state index in [-0.39, 0.29) is 0 Å². The van der Waals surface area contributed by atoms with Crippen molar-refractivity contribution in [2.75, 3.05) is 0 Å². The minimum Gasteiger partial charge on any atom is -0.0843 e. The molecule has 11 heavy (non-hydrogen) atoms. The summed E-state index contributed by atoms with van der Waals surface area (Å²) in [4.78, 5) is 0. The number of benzene rings is 1. The molecule has 0 aliphatic carbocycles. The first-order valence-electron chi connectivity index (χ1n) is 3.44. The van der Waals surface area contributed by atoms with E-state index in [1.54, 1.807) is 0 Å². The van der Waals surface area contributed by atoms with E-state index >= 15 is 0 Å². The fraction of sp³-hybridized carbons (Fsp3) is 0.100. The molecule has 1 radical (unpaired) electrons. The van der Waals surface area contributed by atoms with Gasteiger partial charge in [-0.05, 0) is 31.5 Å². The van der Waals surface area contributed by atoms with Gasteiger partial charge in [0, 0.05) is 5.02 Å². The Bertz CT molecular complexity index is 253. The first-order chi connectivity index (χ1) is 5.18. The average molecular weight is 166 g/mol. The first-order valence-corrected chi connectivity index (χ1v) is 3.82. The van der Waals surface area contributed by atoms with Crippen LogP contribution >= 0.6 is 11.6 Å². The fourth-order valence-corrected chi connectivity index (χ4v) is 0.970. The lowest BCUT2D eigenvalue weighted by Crippen LogP contribution is -1.71. The van der Waals surface area contributed by atoms with Crippen molar-refractivity contribution >= 4 is 17.7 Å². The molecule has 0 atom stereocenters. The molecule has 0 N–H and O–H groups in total. The highest BCUT2D eigenvalue weighted by Crippen LogP contribution is 2.11. The van der Waals surface area contributed by atoms with Gasteiger partial charge < -0.3 is 0 Å². The molecule has 0 heterocycles. The average Bonchev–Trinajstić information content (AvgIpc) is 1.93. The molecule has 0 aliphatic rings. The predicted octanol–water partition coefficient (Wildman–Crippen LogP) is 3.58. The van der Waals surface area contributed by atoms with Crippen LogP contribution in [0.3, 0.4) is 0 Å². The SMILES string of the molecule is [CH2]/C(C)=C/c1ccc(Cl)cc1. The van der Waals surface area contributed by atoms with Crippen LogP contribution in [0.2, 0.25) is 5.02 Å². The normalized spacial score (nSPS) is 11.7. The van der Waals surface area contributed by atoms with Crippen molar-refractivity contribution in [2.45, 2.75) is 6.92 Å². The second-order valence-electron chi connectivity index (χ2n) is 2.54. The van der Waals surface area contributed by atoms with Gasteiger partial charge in [0.15, 0.2) is 0 Å². The summed E-state index contributed by atoms with van der Waals surface area (Å²) in [6.07, 6.45) is 2.01. The molecule has 0 nitrogen and oxygen atoms in total. The Morgan fingerprint density at radius 3 is 2.36 bits per heavy atom. The van der Waals surface area contributed by atoms with Crippen LogP contribution in [-0.4, -0.2) is 0 Å². The van der Waals surface area contributed by atoms with E-state index in [0.29, 0.717) is 0 Å². The van der Waals surface area contributed by atoms with Gasteiger partial charge in [-0.2, -0.15) is 0 Å². The molecule has 1 rings (SSSR count). The largest absolute Gasteiger partial charge is 0.0843 e. The predicted molar refractivity (Wildman–Crippen MR) is 50.5 cm³/mol. The molecule has 1 heteroatoms. The van der Waals surface area contributed by atoms with Gasteiger partial charge in [-0.3, -0.25) is 0 Å². The van der Waals surface area contributed by atoms with Gasteiger partial charge in [-0.15, -0.1) is 0 Å². The van der Waals surface area contributed by atoms with E-state index in [2.05, 4.69) is 6.92 Å². The number of halogens is 1. The second-order valence-corrected chi connectivity index (χ2v) is 2.98. The summed E-state index contributed by atoms with van der Waals surface area (Å²) in [5.41, 5.74) is 2.19. The molecule has 57 valence electrons. The minimum atomic E-state index is 0.767. The van der Waals surface area contributed by atoms with Gasteiger partial charge in [-0.1, -0.05) is 35.4 Å². The molecule has 0 bridgehead atoms. The summed E-state index contributed by atoms with van der Waals surface area (Å²) in [6, 6.07) is 7.68. The lowest BCUT2D eigenvalue weighted by atomic mass is 10.2. The van der Waals surface area contributed by atoms with E-state index in [9.17, 15) is 0 Å². The molecule has 1 aromatic carbocycles. The summed E-state index contributed by atoms with van der Waals surface area (Å²) in [5, 5.41) is 0.767. The van der Waals surface area contributed by atoms with E-state index in [1.165, 1.54) is 0 Å².